The van der Waals surface area contributed by atoms with Crippen molar-refractivity contribution in [1.29, 1.82) is 0 Å². The van der Waals surface area contributed by atoms with Crippen molar-refractivity contribution >= 4 is 11.8 Å². The molecule has 0 radical (unpaired) electrons. The Morgan fingerprint density at radius 3 is 2.50 bits per heavy atom. The molecule has 0 unspecified atom stereocenters. The van der Waals surface area contributed by atoms with Crippen LogP contribution in [0.1, 0.15) is 22.8 Å². The third-order valence-electron chi connectivity index (χ3n) is 2.84. The molecule has 0 N–H and O–H groups in total. The first-order valence-electron chi connectivity index (χ1n) is 6.79. The summed E-state index contributed by atoms with van der Waals surface area (Å²) in [6, 6.07) is 12.8. The Morgan fingerprint density at radius 1 is 1.09 bits per heavy atom. The number of hydrogen-bond donors (Lipinski definition) is 0. The van der Waals surface area contributed by atoms with Crippen molar-refractivity contribution in [3.63, 3.8) is 0 Å². The molecule has 0 atom stereocenters. The van der Waals surface area contributed by atoms with Crippen LogP contribution in [0.4, 0.5) is 4.39 Å². The fourth-order valence-corrected chi connectivity index (χ4v) is 1.83. The normalized spacial score (nSPS) is 10.1. The third-order valence-corrected chi connectivity index (χ3v) is 2.84. The van der Waals surface area contributed by atoms with Crippen molar-refractivity contribution in [2.45, 2.75) is 13.5 Å². The Bertz CT molecular complexity index is 668. The van der Waals surface area contributed by atoms with Crippen LogP contribution in [0, 0.1) is 5.82 Å². The molecular weight excluding hydrogens is 287 g/mol. The highest BCUT2D eigenvalue weighted by atomic mass is 19.1. The second-order valence-electron chi connectivity index (χ2n) is 4.50. The molecule has 0 aliphatic heterocycles. The van der Waals surface area contributed by atoms with Gasteiger partial charge >= 0.3 is 5.97 Å². The van der Waals surface area contributed by atoms with E-state index in [1.165, 1.54) is 6.07 Å². The first kappa shape index (κ1) is 15.7. The number of hydrogen-bond acceptors (Lipinski definition) is 4. The molecule has 0 fully saturated rings. The van der Waals surface area contributed by atoms with E-state index in [1.54, 1.807) is 6.92 Å². The van der Waals surface area contributed by atoms with E-state index in [1.807, 2.05) is 30.3 Å². The zero-order chi connectivity index (χ0) is 15.9. The van der Waals surface area contributed by atoms with Crippen LogP contribution in [0.15, 0.2) is 48.5 Å². The number of ketones is 1. The number of Topliss-reactive ketones (excluding diaryl/α,β-unsaturated/α-hetero) is 1. The van der Waals surface area contributed by atoms with E-state index in [4.69, 9.17) is 4.74 Å². The molecule has 0 bridgehead atoms. The topological polar surface area (TPSA) is 52.6 Å². The minimum absolute atomic E-state index is 0.0806. The summed E-state index contributed by atoms with van der Waals surface area (Å²) in [4.78, 5) is 23.2. The van der Waals surface area contributed by atoms with Gasteiger partial charge in [0.15, 0.2) is 0 Å². The molecule has 4 nitrogen and oxygen atoms in total. The minimum Gasteiger partial charge on any atom is -0.489 e. The average Bonchev–Trinajstić information content (AvgIpc) is 2.53. The second kappa shape index (κ2) is 7.36. The highest BCUT2D eigenvalue weighted by Gasteiger charge is 2.19. The standard InChI is InChI=1S/C17H15FO4/c1-2-21-17(20)16(19)13-8-14(18)10-15(9-13)22-11-12-6-4-3-5-7-12/h3-10H,2,11H2,1H3. The van der Waals surface area contributed by atoms with Gasteiger partial charge in [0, 0.05) is 11.6 Å². The Labute approximate surface area is 127 Å². The van der Waals surface area contributed by atoms with Crippen molar-refractivity contribution in [1.82, 2.24) is 0 Å². The lowest BCUT2D eigenvalue weighted by molar-refractivity contribution is -0.137. The lowest BCUT2D eigenvalue weighted by Crippen LogP contribution is -2.17. The van der Waals surface area contributed by atoms with E-state index in [2.05, 4.69) is 4.74 Å². The summed E-state index contributed by atoms with van der Waals surface area (Å²) < 4.78 is 23.7. The first-order valence-corrected chi connectivity index (χ1v) is 6.79. The van der Waals surface area contributed by atoms with E-state index in [0.29, 0.717) is 0 Å². The Morgan fingerprint density at radius 2 is 1.82 bits per heavy atom. The maximum Gasteiger partial charge on any atom is 0.379 e. The first-order chi connectivity index (χ1) is 10.6. The Kier molecular flexibility index (Phi) is 5.25. The summed E-state index contributed by atoms with van der Waals surface area (Å²) in [5.74, 6) is -2.39. The smallest absolute Gasteiger partial charge is 0.379 e. The highest BCUT2D eigenvalue weighted by molar-refractivity contribution is 6.40. The number of rotatable bonds is 6. The summed E-state index contributed by atoms with van der Waals surface area (Å²) in [6.07, 6.45) is 0. The van der Waals surface area contributed by atoms with Crippen LogP contribution in [0.25, 0.3) is 0 Å². The van der Waals surface area contributed by atoms with Crippen LogP contribution < -0.4 is 4.74 Å². The van der Waals surface area contributed by atoms with Crippen LogP contribution in [-0.4, -0.2) is 18.4 Å². The summed E-state index contributed by atoms with van der Waals surface area (Å²) >= 11 is 0. The van der Waals surface area contributed by atoms with E-state index < -0.39 is 17.6 Å². The molecule has 0 spiro atoms. The monoisotopic (exact) mass is 302 g/mol. The van der Waals surface area contributed by atoms with Gasteiger partial charge in [0.2, 0.25) is 0 Å². The lowest BCUT2D eigenvalue weighted by Gasteiger charge is -2.08. The molecule has 114 valence electrons. The van der Waals surface area contributed by atoms with Crippen molar-refractivity contribution in [3.8, 4) is 5.75 Å². The number of esters is 1. The van der Waals surface area contributed by atoms with E-state index in [9.17, 15) is 14.0 Å². The SMILES string of the molecule is CCOC(=O)C(=O)c1cc(F)cc(OCc2ccccc2)c1. The van der Waals surface area contributed by atoms with Crippen LogP contribution >= 0.6 is 0 Å². The van der Waals surface area contributed by atoms with Gasteiger partial charge in [-0.2, -0.15) is 0 Å². The molecule has 0 amide bonds. The summed E-state index contributed by atoms with van der Waals surface area (Å²) in [5.41, 5.74) is 0.812. The molecule has 2 aromatic carbocycles. The molecule has 0 aliphatic rings. The predicted octanol–water partition coefficient (Wildman–Crippen LogP) is 3.15. The van der Waals surface area contributed by atoms with Gasteiger partial charge in [0.1, 0.15) is 18.2 Å². The van der Waals surface area contributed by atoms with Crippen LogP contribution in [-0.2, 0) is 16.1 Å². The van der Waals surface area contributed by atoms with Gasteiger partial charge < -0.3 is 9.47 Å². The van der Waals surface area contributed by atoms with Gasteiger partial charge in [-0.25, -0.2) is 9.18 Å². The molecule has 0 saturated carbocycles. The Hall–Kier alpha value is -2.69. The van der Waals surface area contributed by atoms with E-state index in [0.717, 1.165) is 17.7 Å². The van der Waals surface area contributed by atoms with Crippen LogP contribution in [0.3, 0.4) is 0 Å². The summed E-state index contributed by atoms with van der Waals surface area (Å²) in [5, 5.41) is 0. The molecule has 5 heteroatoms. The molecule has 0 saturated heterocycles. The summed E-state index contributed by atoms with van der Waals surface area (Å²) in [6.45, 7) is 1.90. The molecule has 0 heterocycles. The maximum atomic E-state index is 13.6. The lowest BCUT2D eigenvalue weighted by atomic mass is 10.1. The number of ether oxygens (including phenoxy) is 2. The van der Waals surface area contributed by atoms with Crippen molar-refractivity contribution in [3.05, 3.63) is 65.5 Å². The van der Waals surface area contributed by atoms with Crippen molar-refractivity contribution in [2.24, 2.45) is 0 Å². The zero-order valence-electron chi connectivity index (χ0n) is 12.0. The molecule has 2 aromatic rings. The van der Waals surface area contributed by atoms with Gasteiger partial charge in [0.25, 0.3) is 5.78 Å². The van der Waals surface area contributed by atoms with Gasteiger partial charge in [-0.3, -0.25) is 4.79 Å². The predicted molar refractivity (Wildman–Crippen MR) is 78.1 cm³/mol. The Balaban J connectivity index is 2.13. The molecule has 0 aliphatic carbocycles. The number of carbonyl (C=O) groups excluding carboxylic acids is 2. The van der Waals surface area contributed by atoms with Crippen molar-refractivity contribution < 1.29 is 23.5 Å². The van der Waals surface area contributed by atoms with Gasteiger partial charge in [0.05, 0.1) is 6.61 Å². The van der Waals surface area contributed by atoms with Crippen LogP contribution in [0.2, 0.25) is 0 Å². The fourth-order valence-electron chi connectivity index (χ4n) is 1.83. The highest BCUT2D eigenvalue weighted by Crippen LogP contribution is 2.18. The summed E-state index contributed by atoms with van der Waals surface area (Å²) in [7, 11) is 0. The maximum absolute atomic E-state index is 13.6. The second-order valence-corrected chi connectivity index (χ2v) is 4.50. The number of carbonyl (C=O) groups is 2. The quantitative estimate of drug-likeness (QED) is 0.467. The van der Waals surface area contributed by atoms with Gasteiger partial charge in [-0.05, 0) is 24.6 Å². The molecule has 0 aromatic heterocycles. The largest absolute Gasteiger partial charge is 0.489 e. The molecular formula is C17H15FO4. The zero-order valence-corrected chi connectivity index (χ0v) is 12.0. The average molecular weight is 302 g/mol. The molecule has 22 heavy (non-hydrogen) atoms. The fraction of sp³-hybridized carbons (Fsp3) is 0.176. The number of halogens is 1. The number of benzene rings is 2. The van der Waals surface area contributed by atoms with Crippen molar-refractivity contribution in [2.75, 3.05) is 6.61 Å². The van der Waals surface area contributed by atoms with Gasteiger partial charge in [-0.15, -0.1) is 0 Å². The van der Waals surface area contributed by atoms with Gasteiger partial charge in [-0.1, -0.05) is 30.3 Å². The molecule has 2 rings (SSSR count). The van der Waals surface area contributed by atoms with E-state index >= 15 is 0 Å². The van der Waals surface area contributed by atoms with Crippen LogP contribution in [0.5, 0.6) is 5.75 Å². The third kappa shape index (κ3) is 4.15. The van der Waals surface area contributed by atoms with E-state index in [-0.39, 0.29) is 24.5 Å². The minimum atomic E-state index is -1.01.